The Hall–Kier alpha value is -1.81. The van der Waals surface area contributed by atoms with Crippen LogP contribution in [-0.2, 0) is 0 Å². The van der Waals surface area contributed by atoms with Gasteiger partial charge in [-0.1, -0.05) is 28.1 Å². The lowest BCUT2D eigenvalue weighted by atomic mass is 10.1. The molecule has 0 aliphatic rings. The van der Waals surface area contributed by atoms with Gasteiger partial charge in [-0.05, 0) is 49.7 Å². The molecule has 0 radical (unpaired) electrons. The molecular weight excluding hydrogens is 314 g/mol. The molecule has 3 N–H and O–H groups in total. The monoisotopic (exact) mass is 331 g/mol. The maximum Gasteiger partial charge on any atom is 0.124 e. The molecule has 2 aromatic rings. The number of nitrogens with one attached hydrogen (secondary N) is 1. The van der Waals surface area contributed by atoms with Crippen molar-refractivity contribution in [2.45, 2.75) is 13.8 Å². The van der Waals surface area contributed by atoms with Crippen molar-refractivity contribution < 1.29 is 0 Å². The van der Waals surface area contributed by atoms with Crippen LogP contribution in [0.2, 0.25) is 0 Å². The Morgan fingerprint density at radius 3 is 2.60 bits per heavy atom. The SMILES string of the molecule is CCN(c1cccc(C)c1)c1ccc(Br)cc1C(=N)N. The smallest absolute Gasteiger partial charge is 0.124 e. The van der Waals surface area contributed by atoms with Gasteiger partial charge in [0.05, 0.1) is 5.69 Å². The molecule has 0 fully saturated rings. The van der Waals surface area contributed by atoms with Crippen LogP contribution in [-0.4, -0.2) is 12.4 Å². The van der Waals surface area contributed by atoms with Crippen LogP contribution in [0.4, 0.5) is 11.4 Å². The van der Waals surface area contributed by atoms with E-state index in [9.17, 15) is 0 Å². The average molecular weight is 332 g/mol. The number of halogens is 1. The number of amidine groups is 1. The second-order valence-corrected chi connectivity index (χ2v) is 5.57. The summed E-state index contributed by atoms with van der Waals surface area (Å²) >= 11 is 3.43. The molecule has 0 aliphatic carbocycles. The fourth-order valence-electron chi connectivity index (χ4n) is 2.25. The minimum Gasteiger partial charge on any atom is -0.384 e. The topological polar surface area (TPSA) is 53.1 Å². The summed E-state index contributed by atoms with van der Waals surface area (Å²) in [4.78, 5) is 2.16. The number of nitrogens with two attached hydrogens (primary N) is 1. The minimum absolute atomic E-state index is 0.0763. The van der Waals surface area contributed by atoms with Crippen LogP contribution in [0.3, 0.4) is 0 Å². The van der Waals surface area contributed by atoms with Crippen LogP contribution >= 0.6 is 15.9 Å². The summed E-state index contributed by atoms with van der Waals surface area (Å²) < 4.78 is 0.923. The van der Waals surface area contributed by atoms with Crippen molar-refractivity contribution in [3.8, 4) is 0 Å². The van der Waals surface area contributed by atoms with E-state index >= 15 is 0 Å². The number of nitrogens with zero attached hydrogens (tertiary/aromatic N) is 1. The molecule has 0 heterocycles. The number of rotatable bonds is 4. The molecule has 0 saturated carbocycles. The summed E-state index contributed by atoms with van der Waals surface area (Å²) in [5.74, 6) is 0.0763. The van der Waals surface area contributed by atoms with Crippen molar-refractivity contribution in [2.75, 3.05) is 11.4 Å². The summed E-state index contributed by atoms with van der Waals surface area (Å²) in [6, 6.07) is 14.2. The first-order valence-electron chi connectivity index (χ1n) is 6.51. The average Bonchev–Trinajstić information content (AvgIpc) is 2.41. The number of nitrogen functional groups attached to an aromatic ring is 1. The fraction of sp³-hybridized carbons (Fsp3) is 0.188. The number of anilines is 2. The Labute approximate surface area is 128 Å². The van der Waals surface area contributed by atoms with Gasteiger partial charge in [-0.2, -0.15) is 0 Å². The van der Waals surface area contributed by atoms with Gasteiger partial charge in [0.15, 0.2) is 0 Å². The molecule has 0 spiro atoms. The quantitative estimate of drug-likeness (QED) is 0.651. The first kappa shape index (κ1) is 14.6. The first-order chi connectivity index (χ1) is 9.52. The minimum atomic E-state index is 0.0763. The molecule has 0 aliphatic heterocycles. The molecule has 0 bridgehead atoms. The van der Waals surface area contributed by atoms with Crippen molar-refractivity contribution in [1.29, 1.82) is 5.41 Å². The van der Waals surface area contributed by atoms with E-state index in [1.54, 1.807) is 0 Å². The van der Waals surface area contributed by atoms with Crippen molar-refractivity contribution >= 4 is 33.1 Å². The highest BCUT2D eigenvalue weighted by Gasteiger charge is 2.14. The van der Waals surface area contributed by atoms with E-state index in [1.807, 2.05) is 24.3 Å². The van der Waals surface area contributed by atoms with Gasteiger partial charge in [0.25, 0.3) is 0 Å². The van der Waals surface area contributed by atoms with Crippen LogP contribution in [0.1, 0.15) is 18.1 Å². The number of aryl methyl sites for hydroxylation is 1. The second kappa shape index (κ2) is 6.09. The van der Waals surface area contributed by atoms with E-state index in [4.69, 9.17) is 11.1 Å². The Bertz CT molecular complexity index is 637. The standard InChI is InChI=1S/C16H18BrN3/c1-3-20(13-6-4-5-11(2)9-13)15-8-7-12(17)10-14(15)16(18)19/h4-10H,3H2,1-2H3,(H3,18,19). The maximum absolute atomic E-state index is 7.78. The molecular formula is C16H18BrN3. The highest BCUT2D eigenvalue weighted by Crippen LogP contribution is 2.30. The third-order valence-electron chi connectivity index (χ3n) is 3.17. The largest absolute Gasteiger partial charge is 0.384 e. The normalized spacial score (nSPS) is 10.3. The summed E-state index contributed by atoms with van der Waals surface area (Å²) in [6.07, 6.45) is 0. The van der Waals surface area contributed by atoms with Crippen LogP contribution in [0, 0.1) is 12.3 Å². The third kappa shape index (κ3) is 3.02. The highest BCUT2D eigenvalue weighted by atomic mass is 79.9. The predicted octanol–water partition coefficient (Wildman–Crippen LogP) is 4.20. The van der Waals surface area contributed by atoms with Crippen LogP contribution in [0.15, 0.2) is 46.9 Å². The lowest BCUT2D eigenvalue weighted by Gasteiger charge is -2.26. The summed E-state index contributed by atoms with van der Waals surface area (Å²) in [6.45, 7) is 4.98. The van der Waals surface area contributed by atoms with Crippen LogP contribution in [0.5, 0.6) is 0 Å². The van der Waals surface area contributed by atoms with E-state index in [-0.39, 0.29) is 5.84 Å². The van der Waals surface area contributed by atoms with E-state index in [2.05, 4.69) is 52.9 Å². The summed E-state index contributed by atoms with van der Waals surface area (Å²) in [5.41, 5.74) is 9.73. The molecule has 0 amide bonds. The third-order valence-corrected chi connectivity index (χ3v) is 3.66. The van der Waals surface area contributed by atoms with E-state index < -0.39 is 0 Å². The lowest BCUT2D eigenvalue weighted by Crippen LogP contribution is -2.22. The molecule has 0 aromatic heterocycles. The number of hydrogen-bond donors (Lipinski definition) is 2. The Balaban J connectivity index is 2.55. The maximum atomic E-state index is 7.78. The number of benzene rings is 2. The predicted molar refractivity (Wildman–Crippen MR) is 89.0 cm³/mol. The van der Waals surface area contributed by atoms with Gasteiger partial charge in [-0.15, -0.1) is 0 Å². The van der Waals surface area contributed by atoms with Gasteiger partial charge < -0.3 is 10.6 Å². The molecule has 0 saturated heterocycles. The van der Waals surface area contributed by atoms with Crippen molar-refractivity contribution in [3.63, 3.8) is 0 Å². The van der Waals surface area contributed by atoms with Crippen molar-refractivity contribution in [1.82, 2.24) is 0 Å². The van der Waals surface area contributed by atoms with E-state index in [1.165, 1.54) is 5.56 Å². The molecule has 2 aromatic carbocycles. The van der Waals surface area contributed by atoms with E-state index in [0.29, 0.717) is 0 Å². The zero-order valence-electron chi connectivity index (χ0n) is 11.7. The summed E-state index contributed by atoms with van der Waals surface area (Å²) in [5, 5.41) is 7.78. The van der Waals surface area contributed by atoms with E-state index in [0.717, 1.165) is 28.0 Å². The zero-order chi connectivity index (χ0) is 14.7. The Kier molecular flexibility index (Phi) is 4.45. The second-order valence-electron chi connectivity index (χ2n) is 4.66. The van der Waals surface area contributed by atoms with Crippen molar-refractivity contribution in [3.05, 3.63) is 58.1 Å². The highest BCUT2D eigenvalue weighted by molar-refractivity contribution is 9.10. The molecule has 2 rings (SSSR count). The van der Waals surface area contributed by atoms with Gasteiger partial charge in [0, 0.05) is 22.3 Å². The van der Waals surface area contributed by atoms with Crippen LogP contribution in [0.25, 0.3) is 0 Å². The molecule has 20 heavy (non-hydrogen) atoms. The zero-order valence-corrected chi connectivity index (χ0v) is 13.2. The van der Waals surface area contributed by atoms with Gasteiger partial charge >= 0.3 is 0 Å². The van der Waals surface area contributed by atoms with Gasteiger partial charge in [0.1, 0.15) is 5.84 Å². The molecule has 4 heteroatoms. The molecule has 0 atom stereocenters. The Morgan fingerprint density at radius 2 is 2.00 bits per heavy atom. The lowest BCUT2D eigenvalue weighted by molar-refractivity contribution is 1.02. The fourth-order valence-corrected chi connectivity index (χ4v) is 2.61. The molecule has 104 valence electrons. The van der Waals surface area contributed by atoms with Gasteiger partial charge in [-0.3, -0.25) is 5.41 Å². The van der Waals surface area contributed by atoms with Gasteiger partial charge in [0.2, 0.25) is 0 Å². The summed E-state index contributed by atoms with van der Waals surface area (Å²) in [7, 11) is 0. The van der Waals surface area contributed by atoms with Crippen molar-refractivity contribution in [2.24, 2.45) is 5.73 Å². The molecule has 3 nitrogen and oxygen atoms in total. The Morgan fingerprint density at radius 1 is 1.25 bits per heavy atom. The first-order valence-corrected chi connectivity index (χ1v) is 7.30. The molecule has 0 unspecified atom stereocenters. The van der Waals surface area contributed by atoms with Crippen LogP contribution < -0.4 is 10.6 Å². The number of hydrogen-bond acceptors (Lipinski definition) is 2. The van der Waals surface area contributed by atoms with Gasteiger partial charge in [-0.25, -0.2) is 0 Å².